The van der Waals surface area contributed by atoms with Crippen molar-refractivity contribution in [3.63, 3.8) is 0 Å². The van der Waals surface area contributed by atoms with Crippen LogP contribution < -0.4 is 5.32 Å². The predicted molar refractivity (Wildman–Crippen MR) is 96.2 cm³/mol. The molecule has 0 aliphatic carbocycles. The average molecular weight is 365 g/mol. The van der Waals surface area contributed by atoms with Gasteiger partial charge in [0.25, 0.3) is 0 Å². The van der Waals surface area contributed by atoms with Crippen LogP contribution in [0.3, 0.4) is 0 Å². The lowest BCUT2D eigenvalue weighted by molar-refractivity contribution is 0.882. The molecule has 116 valence electrons. The fraction of sp³-hybridized carbons (Fsp3) is 0.118. The van der Waals surface area contributed by atoms with Gasteiger partial charge in [0.15, 0.2) is 0 Å². The molecule has 2 heterocycles. The van der Waals surface area contributed by atoms with Gasteiger partial charge in [0, 0.05) is 27.7 Å². The molecule has 1 N–H and O–H groups in total. The number of hydrogen-bond acceptors (Lipinski definition) is 2. The van der Waals surface area contributed by atoms with Crippen LogP contribution in [-0.2, 0) is 6.42 Å². The Morgan fingerprint density at radius 3 is 2.61 bits per heavy atom. The lowest BCUT2D eigenvalue weighted by Crippen LogP contribution is -2.04. The maximum absolute atomic E-state index is 6.35. The molecule has 0 amide bonds. The highest BCUT2D eigenvalue weighted by atomic mass is 35.5. The summed E-state index contributed by atoms with van der Waals surface area (Å²) in [5.41, 5.74) is 3.91. The molecule has 6 heteroatoms. The van der Waals surface area contributed by atoms with E-state index in [4.69, 9.17) is 39.9 Å². The van der Waals surface area contributed by atoms with Crippen LogP contribution in [0.25, 0.3) is 16.9 Å². The van der Waals surface area contributed by atoms with Crippen LogP contribution in [-0.4, -0.2) is 16.3 Å². The first-order chi connectivity index (χ1) is 11.1. The van der Waals surface area contributed by atoms with E-state index < -0.39 is 0 Å². The fourth-order valence-electron chi connectivity index (χ4n) is 2.87. The Balaban J connectivity index is 1.91. The van der Waals surface area contributed by atoms with E-state index in [0.717, 1.165) is 35.7 Å². The van der Waals surface area contributed by atoms with Crippen molar-refractivity contribution in [1.82, 2.24) is 9.78 Å². The third-order valence-electron chi connectivity index (χ3n) is 3.89. The molecule has 23 heavy (non-hydrogen) atoms. The molecule has 0 saturated carbocycles. The van der Waals surface area contributed by atoms with Crippen molar-refractivity contribution >= 4 is 40.6 Å². The first-order valence-electron chi connectivity index (χ1n) is 7.20. The number of nitrogens with zero attached hydrogens (tertiary/aromatic N) is 2. The summed E-state index contributed by atoms with van der Waals surface area (Å²) >= 11 is 18.5. The zero-order valence-electron chi connectivity index (χ0n) is 12.0. The van der Waals surface area contributed by atoms with Gasteiger partial charge in [-0.05, 0) is 36.8 Å². The third kappa shape index (κ3) is 2.59. The van der Waals surface area contributed by atoms with Crippen LogP contribution in [0, 0.1) is 0 Å². The molecule has 0 fully saturated rings. The van der Waals surface area contributed by atoms with E-state index >= 15 is 0 Å². The topological polar surface area (TPSA) is 29.9 Å². The van der Waals surface area contributed by atoms with Crippen molar-refractivity contribution in [3.05, 3.63) is 63.1 Å². The summed E-state index contributed by atoms with van der Waals surface area (Å²) in [6.07, 6.45) is 0.919. The van der Waals surface area contributed by atoms with Crippen LogP contribution in [0.5, 0.6) is 0 Å². The van der Waals surface area contributed by atoms with Crippen LogP contribution in [0.15, 0.2) is 42.5 Å². The Kier molecular flexibility index (Phi) is 3.72. The standard InChI is InChI=1S/C17H12Cl3N3/c18-11-3-1-2-10(8-11)16-13-6-7-21-17(13)23(22-16)15-5-4-12(19)9-14(15)20/h1-5,8-9,21H,6-7H2. The Bertz CT molecular complexity index is 902. The molecule has 1 aliphatic rings. The van der Waals surface area contributed by atoms with Crippen molar-refractivity contribution in [3.8, 4) is 16.9 Å². The van der Waals surface area contributed by atoms with E-state index in [1.165, 1.54) is 5.56 Å². The number of aromatic nitrogens is 2. The van der Waals surface area contributed by atoms with Gasteiger partial charge in [0.05, 0.1) is 16.4 Å². The van der Waals surface area contributed by atoms with Crippen molar-refractivity contribution in [2.75, 3.05) is 11.9 Å². The number of fused-ring (bicyclic) bond motifs is 1. The highest BCUT2D eigenvalue weighted by Gasteiger charge is 2.24. The van der Waals surface area contributed by atoms with Crippen molar-refractivity contribution < 1.29 is 0 Å². The summed E-state index contributed by atoms with van der Waals surface area (Å²) in [5.74, 6) is 0.976. The normalized spacial score (nSPS) is 13.0. The second kappa shape index (κ2) is 5.75. The van der Waals surface area contributed by atoms with Crippen LogP contribution in [0.1, 0.15) is 5.56 Å². The molecule has 0 unspecified atom stereocenters. The number of halogens is 3. The van der Waals surface area contributed by atoms with Gasteiger partial charge in [-0.1, -0.05) is 46.9 Å². The predicted octanol–water partition coefficient (Wildman–Crippen LogP) is 5.47. The van der Waals surface area contributed by atoms with E-state index in [2.05, 4.69) is 5.32 Å². The van der Waals surface area contributed by atoms with Crippen molar-refractivity contribution in [2.45, 2.75) is 6.42 Å². The van der Waals surface area contributed by atoms with Gasteiger partial charge in [-0.25, -0.2) is 4.68 Å². The molecule has 0 saturated heterocycles. The molecular formula is C17H12Cl3N3. The number of benzene rings is 2. The minimum atomic E-state index is 0.564. The highest BCUT2D eigenvalue weighted by molar-refractivity contribution is 6.35. The summed E-state index contributed by atoms with van der Waals surface area (Å²) in [6, 6.07) is 13.1. The number of hydrogen-bond donors (Lipinski definition) is 1. The average Bonchev–Trinajstić information content (AvgIpc) is 3.10. The molecule has 4 rings (SSSR count). The number of rotatable bonds is 2. The van der Waals surface area contributed by atoms with Gasteiger partial charge < -0.3 is 5.32 Å². The Hall–Kier alpha value is -1.68. The Labute approximate surface area is 148 Å². The molecule has 3 aromatic rings. The first kappa shape index (κ1) is 14.9. The van der Waals surface area contributed by atoms with E-state index in [1.807, 2.05) is 41.1 Å². The second-order valence-electron chi connectivity index (χ2n) is 5.37. The quantitative estimate of drug-likeness (QED) is 0.653. The number of anilines is 1. The lowest BCUT2D eigenvalue weighted by atomic mass is 10.1. The van der Waals surface area contributed by atoms with Gasteiger partial charge in [0.2, 0.25) is 0 Å². The molecule has 0 atom stereocenters. The fourth-order valence-corrected chi connectivity index (χ4v) is 3.55. The van der Waals surface area contributed by atoms with E-state index in [-0.39, 0.29) is 0 Å². The Morgan fingerprint density at radius 2 is 1.83 bits per heavy atom. The highest BCUT2D eigenvalue weighted by Crippen LogP contribution is 2.37. The molecule has 1 aromatic heterocycles. The van der Waals surface area contributed by atoms with Crippen molar-refractivity contribution in [2.24, 2.45) is 0 Å². The number of nitrogens with one attached hydrogen (secondary N) is 1. The molecule has 3 nitrogen and oxygen atoms in total. The SMILES string of the molecule is Clc1cccc(-c2nn(-c3ccc(Cl)cc3Cl)c3c2CCN3)c1. The molecule has 1 aliphatic heterocycles. The molecule has 2 aromatic carbocycles. The van der Waals surface area contributed by atoms with Gasteiger partial charge in [0.1, 0.15) is 5.82 Å². The summed E-state index contributed by atoms with van der Waals surface area (Å²) in [5, 5.41) is 10.0. The van der Waals surface area contributed by atoms with Gasteiger partial charge in [-0.2, -0.15) is 5.10 Å². The van der Waals surface area contributed by atoms with E-state index in [9.17, 15) is 0 Å². The maximum atomic E-state index is 6.35. The van der Waals surface area contributed by atoms with Crippen LogP contribution in [0.4, 0.5) is 5.82 Å². The second-order valence-corrected chi connectivity index (χ2v) is 6.65. The van der Waals surface area contributed by atoms with Crippen LogP contribution >= 0.6 is 34.8 Å². The zero-order chi connectivity index (χ0) is 16.0. The largest absolute Gasteiger partial charge is 0.369 e. The molecule has 0 radical (unpaired) electrons. The minimum Gasteiger partial charge on any atom is -0.369 e. The van der Waals surface area contributed by atoms with Crippen molar-refractivity contribution in [1.29, 1.82) is 0 Å². The maximum Gasteiger partial charge on any atom is 0.133 e. The van der Waals surface area contributed by atoms with Crippen LogP contribution in [0.2, 0.25) is 15.1 Å². The first-order valence-corrected chi connectivity index (χ1v) is 8.34. The van der Waals surface area contributed by atoms with E-state index in [1.54, 1.807) is 6.07 Å². The summed E-state index contributed by atoms with van der Waals surface area (Å²) < 4.78 is 1.84. The summed E-state index contributed by atoms with van der Waals surface area (Å²) in [7, 11) is 0. The van der Waals surface area contributed by atoms with Gasteiger partial charge >= 0.3 is 0 Å². The van der Waals surface area contributed by atoms with E-state index in [0.29, 0.717) is 15.1 Å². The van der Waals surface area contributed by atoms with Gasteiger partial charge in [-0.3, -0.25) is 0 Å². The summed E-state index contributed by atoms with van der Waals surface area (Å²) in [6.45, 7) is 0.881. The smallest absolute Gasteiger partial charge is 0.133 e. The third-order valence-corrected chi connectivity index (χ3v) is 4.66. The monoisotopic (exact) mass is 363 g/mol. The molecule has 0 spiro atoms. The summed E-state index contributed by atoms with van der Waals surface area (Å²) in [4.78, 5) is 0. The van der Waals surface area contributed by atoms with Gasteiger partial charge in [-0.15, -0.1) is 0 Å². The minimum absolute atomic E-state index is 0.564. The molecular weight excluding hydrogens is 353 g/mol. The molecule has 0 bridgehead atoms. The Morgan fingerprint density at radius 1 is 1.00 bits per heavy atom. The lowest BCUT2D eigenvalue weighted by Gasteiger charge is -2.08. The zero-order valence-corrected chi connectivity index (χ0v) is 14.3.